The summed E-state index contributed by atoms with van der Waals surface area (Å²) in [6.07, 6.45) is 0. The van der Waals surface area contributed by atoms with Crippen molar-refractivity contribution < 1.29 is 13.2 Å². The molecule has 150 valence electrons. The molecule has 1 amide bonds. The number of pyridine rings is 1. The SMILES string of the molecule is NS(=O)(=O)c1ccc(NC(=O)c2cc(-c3cccc(Cl)c3)nc3ccccc23)cc1. The molecule has 30 heavy (non-hydrogen) atoms. The molecule has 1 aromatic heterocycles. The van der Waals surface area contributed by atoms with Gasteiger partial charge in [0.25, 0.3) is 5.91 Å². The van der Waals surface area contributed by atoms with E-state index < -0.39 is 10.0 Å². The molecule has 4 rings (SSSR count). The number of primary sulfonamides is 1. The number of halogens is 1. The number of hydrogen-bond acceptors (Lipinski definition) is 4. The number of para-hydroxylation sites is 1. The molecule has 3 N–H and O–H groups in total. The van der Waals surface area contributed by atoms with Crippen LogP contribution in [-0.2, 0) is 10.0 Å². The molecule has 0 spiro atoms. The Balaban J connectivity index is 1.74. The molecule has 0 saturated heterocycles. The maximum atomic E-state index is 13.1. The van der Waals surface area contributed by atoms with Gasteiger partial charge >= 0.3 is 0 Å². The van der Waals surface area contributed by atoms with Gasteiger partial charge in [-0.1, -0.05) is 41.9 Å². The average Bonchev–Trinajstić information content (AvgIpc) is 2.72. The lowest BCUT2D eigenvalue weighted by molar-refractivity contribution is 0.102. The molecule has 3 aromatic carbocycles. The number of aromatic nitrogens is 1. The van der Waals surface area contributed by atoms with Crippen LogP contribution in [0.1, 0.15) is 10.4 Å². The van der Waals surface area contributed by atoms with Crippen LogP contribution in [0.3, 0.4) is 0 Å². The van der Waals surface area contributed by atoms with Crippen LogP contribution < -0.4 is 10.5 Å². The second kappa shape index (κ2) is 7.87. The predicted molar refractivity (Wildman–Crippen MR) is 118 cm³/mol. The maximum absolute atomic E-state index is 13.1. The number of benzene rings is 3. The van der Waals surface area contributed by atoms with E-state index in [2.05, 4.69) is 10.3 Å². The first-order chi connectivity index (χ1) is 14.3. The number of amides is 1. The van der Waals surface area contributed by atoms with Crippen molar-refractivity contribution in [3.05, 3.63) is 89.4 Å². The summed E-state index contributed by atoms with van der Waals surface area (Å²) in [4.78, 5) is 17.7. The third-order valence-electron chi connectivity index (χ3n) is 4.52. The number of hydrogen-bond donors (Lipinski definition) is 2. The zero-order chi connectivity index (χ0) is 21.3. The second-order valence-corrected chi connectivity index (χ2v) is 8.60. The van der Waals surface area contributed by atoms with E-state index in [-0.39, 0.29) is 10.8 Å². The van der Waals surface area contributed by atoms with Gasteiger partial charge in [-0.25, -0.2) is 18.5 Å². The third-order valence-corrected chi connectivity index (χ3v) is 5.69. The Morgan fingerprint density at radius 1 is 0.933 bits per heavy atom. The lowest BCUT2D eigenvalue weighted by atomic mass is 10.0. The Labute approximate surface area is 178 Å². The van der Waals surface area contributed by atoms with Gasteiger partial charge in [0.15, 0.2) is 0 Å². The first-order valence-electron chi connectivity index (χ1n) is 8.91. The molecule has 0 aliphatic heterocycles. The van der Waals surface area contributed by atoms with E-state index in [1.165, 1.54) is 24.3 Å². The highest BCUT2D eigenvalue weighted by molar-refractivity contribution is 7.89. The van der Waals surface area contributed by atoms with E-state index in [1.54, 1.807) is 18.2 Å². The summed E-state index contributed by atoms with van der Waals surface area (Å²) < 4.78 is 22.8. The number of carbonyl (C=O) groups is 1. The summed E-state index contributed by atoms with van der Waals surface area (Å²) in [6.45, 7) is 0. The van der Waals surface area contributed by atoms with E-state index in [9.17, 15) is 13.2 Å². The molecule has 0 saturated carbocycles. The van der Waals surface area contributed by atoms with E-state index in [0.29, 0.717) is 32.9 Å². The van der Waals surface area contributed by atoms with Gasteiger partial charge in [0.1, 0.15) is 0 Å². The van der Waals surface area contributed by atoms with E-state index in [4.69, 9.17) is 16.7 Å². The number of anilines is 1. The number of nitrogens with zero attached hydrogens (tertiary/aromatic N) is 1. The summed E-state index contributed by atoms with van der Waals surface area (Å²) >= 11 is 6.11. The van der Waals surface area contributed by atoms with Gasteiger partial charge in [0.2, 0.25) is 10.0 Å². The zero-order valence-electron chi connectivity index (χ0n) is 15.5. The molecule has 0 atom stereocenters. The number of carbonyl (C=O) groups excluding carboxylic acids is 1. The van der Waals surface area contributed by atoms with Gasteiger partial charge < -0.3 is 5.32 Å². The third kappa shape index (κ3) is 4.18. The number of nitrogens with one attached hydrogen (secondary N) is 1. The van der Waals surface area contributed by atoms with Crippen molar-refractivity contribution >= 4 is 44.1 Å². The van der Waals surface area contributed by atoms with Gasteiger partial charge in [-0.05, 0) is 48.5 Å². The number of rotatable bonds is 4. The normalized spacial score (nSPS) is 11.4. The summed E-state index contributed by atoms with van der Waals surface area (Å²) in [5.41, 5.74) is 2.96. The minimum atomic E-state index is -3.80. The Morgan fingerprint density at radius 2 is 1.67 bits per heavy atom. The highest BCUT2D eigenvalue weighted by Crippen LogP contribution is 2.27. The molecule has 0 fully saturated rings. The second-order valence-electron chi connectivity index (χ2n) is 6.61. The highest BCUT2D eigenvalue weighted by Gasteiger charge is 2.15. The van der Waals surface area contributed by atoms with Crippen LogP contribution >= 0.6 is 11.6 Å². The van der Waals surface area contributed by atoms with Crippen LogP contribution in [0.25, 0.3) is 22.2 Å². The Kier molecular flexibility index (Phi) is 5.26. The molecule has 8 heteroatoms. The van der Waals surface area contributed by atoms with Crippen molar-refractivity contribution in [3.63, 3.8) is 0 Å². The van der Waals surface area contributed by atoms with Crippen molar-refractivity contribution in [1.82, 2.24) is 4.98 Å². The number of fused-ring (bicyclic) bond motifs is 1. The summed E-state index contributed by atoms with van der Waals surface area (Å²) in [6, 6.07) is 21.9. The fourth-order valence-corrected chi connectivity index (χ4v) is 3.79. The highest BCUT2D eigenvalue weighted by atomic mass is 35.5. The minimum absolute atomic E-state index is 0.0295. The Bertz CT molecular complexity index is 1370. The van der Waals surface area contributed by atoms with Gasteiger partial charge in [-0.2, -0.15) is 0 Å². The molecule has 4 aromatic rings. The van der Waals surface area contributed by atoms with E-state index in [1.807, 2.05) is 36.4 Å². The van der Waals surface area contributed by atoms with Crippen LogP contribution in [-0.4, -0.2) is 19.3 Å². The molecular weight excluding hydrogens is 422 g/mol. The fraction of sp³-hybridized carbons (Fsp3) is 0. The quantitative estimate of drug-likeness (QED) is 0.492. The molecule has 0 unspecified atom stereocenters. The van der Waals surface area contributed by atoms with Crippen molar-refractivity contribution in [2.75, 3.05) is 5.32 Å². The van der Waals surface area contributed by atoms with Crippen molar-refractivity contribution in [3.8, 4) is 11.3 Å². The van der Waals surface area contributed by atoms with Crippen LogP contribution in [0.2, 0.25) is 5.02 Å². The summed E-state index contributed by atoms with van der Waals surface area (Å²) in [7, 11) is -3.80. The first kappa shape index (κ1) is 20.0. The smallest absolute Gasteiger partial charge is 0.256 e. The van der Waals surface area contributed by atoms with E-state index >= 15 is 0 Å². The predicted octanol–water partition coefficient (Wildman–Crippen LogP) is 4.45. The molecule has 0 bridgehead atoms. The molecule has 0 aliphatic rings. The lowest BCUT2D eigenvalue weighted by Gasteiger charge is -2.11. The molecule has 0 aliphatic carbocycles. The Hall–Kier alpha value is -3.26. The molecule has 1 heterocycles. The fourth-order valence-electron chi connectivity index (χ4n) is 3.09. The van der Waals surface area contributed by atoms with Gasteiger partial charge in [-0.15, -0.1) is 0 Å². The van der Waals surface area contributed by atoms with Crippen LogP contribution in [0.4, 0.5) is 5.69 Å². The van der Waals surface area contributed by atoms with Crippen molar-refractivity contribution in [2.24, 2.45) is 5.14 Å². The van der Waals surface area contributed by atoms with Gasteiger partial charge in [-0.3, -0.25) is 4.79 Å². The lowest BCUT2D eigenvalue weighted by Crippen LogP contribution is -2.14. The molecule has 0 radical (unpaired) electrons. The maximum Gasteiger partial charge on any atom is 0.256 e. The van der Waals surface area contributed by atoms with E-state index in [0.717, 1.165) is 5.56 Å². The van der Waals surface area contributed by atoms with Crippen molar-refractivity contribution in [2.45, 2.75) is 4.90 Å². The standard InChI is InChI=1S/C22H16ClN3O3S/c23-15-5-3-4-14(12-15)21-13-19(18-6-1-2-7-20(18)26-21)22(27)25-16-8-10-17(11-9-16)30(24,28)29/h1-13H,(H,25,27)(H2,24,28,29). The average molecular weight is 438 g/mol. The summed E-state index contributed by atoms with van der Waals surface area (Å²) in [5, 5.41) is 9.17. The van der Waals surface area contributed by atoms with Gasteiger partial charge in [0.05, 0.1) is 21.7 Å². The zero-order valence-corrected chi connectivity index (χ0v) is 17.1. The Morgan fingerprint density at radius 3 is 2.37 bits per heavy atom. The number of nitrogens with two attached hydrogens (primary N) is 1. The van der Waals surface area contributed by atoms with Gasteiger partial charge in [0, 0.05) is 21.7 Å². The van der Waals surface area contributed by atoms with Crippen LogP contribution in [0.5, 0.6) is 0 Å². The van der Waals surface area contributed by atoms with Crippen molar-refractivity contribution in [1.29, 1.82) is 0 Å². The van der Waals surface area contributed by atoms with Crippen LogP contribution in [0.15, 0.2) is 83.8 Å². The van der Waals surface area contributed by atoms with Crippen LogP contribution in [0, 0.1) is 0 Å². The monoisotopic (exact) mass is 437 g/mol. The number of sulfonamides is 1. The first-order valence-corrected chi connectivity index (χ1v) is 10.8. The minimum Gasteiger partial charge on any atom is -0.322 e. The molecular formula is C22H16ClN3O3S. The largest absolute Gasteiger partial charge is 0.322 e. The summed E-state index contributed by atoms with van der Waals surface area (Å²) in [5.74, 6) is -0.347. The molecule has 6 nitrogen and oxygen atoms in total. The topological polar surface area (TPSA) is 102 Å².